The molecular formula is C23H20O2. The van der Waals surface area contributed by atoms with Crippen LogP contribution in [0.4, 0.5) is 0 Å². The molecular weight excluding hydrogens is 308 g/mol. The minimum atomic E-state index is -0.266. The first-order valence-electron chi connectivity index (χ1n) is 8.58. The van der Waals surface area contributed by atoms with Crippen molar-refractivity contribution in [1.82, 2.24) is 0 Å². The van der Waals surface area contributed by atoms with Gasteiger partial charge in [0.2, 0.25) is 6.29 Å². The van der Waals surface area contributed by atoms with E-state index in [1.165, 1.54) is 16.7 Å². The summed E-state index contributed by atoms with van der Waals surface area (Å²) >= 11 is 0. The van der Waals surface area contributed by atoms with Gasteiger partial charge in [0.25, 0.3) is 0 Å². The number of hydrogen-bond acceptors (Lipinski definition) is 2. The summed E-state index contributed by atoms with van der Waals surface area (Å²) in [6, 6.07) is 29.0. The van der Waals surface area contributed by atoms with E-state index in [-0.39, 0.29) is 6.29 Å². The Bertz CT molecular complexity index is 823. The highest BCUT2D eigenvalue weighted by molar-refractivity contribution is 5.63. The van der Waals surface area contributed by atoms with Crippen molar-refractivity contribution in [2.75, 3.05) is 0 Å². The summed E-state index contributed by atoms with van der Waals surface area (Å²) in [5.41, 5.74) is 3.67. The molecule has 1 heterocycles. The van der Waals surface area contributed by atoms with Gasteiger partial charge in [0, 0.05) is 12.3 Å². The lowest BCUT2D eigenvalue weighted by Crippen LogP contribution is -2.24. The molecule has 1 aliphatic heterocycles. The first-order valence-corrected chi connectivity index (χ1v) is 8.58. The highest BCUT2D eigenvalue weighted by Crippen LogP contribution is 2.29. The summed E-state index contributed by atoms with van der Waals surface area (Å²) in [5.74, 6) is 1.15. The molecule has 1 aliphatic rings. The van der Waals surface area contributed by atoms with Gasteiger partial charge in [-0.15, -0.1) is 0 Å². The van der Waals surface area contributed by atoms with Crippen LogP contribution < -0.4 is 4.74 Å². The third kappa shape index (κ3) is 3.74. The van der Waals surface area contributed by atoms with E-state index in [2.05, 4.69) is 54.6 Å². The van der Waals surface area contributed by atoms with Crippen LogP contribution in [-0.2, 0) is 4.74 Å². The minimum Gasteiger partial charge on any atom is -0.463 e. The van der Waals surface area contributed by atoms with Gasteiger partial charge in [0.1, 0.15) is 5.75 Å². The Morgan fingerprint density at radius 2 is 1.36 bits per heavy atom. The Labute approximate surface area is 148 Å². The zero-order chi connectivity index (χ0) is 16.9. The van der Waals surface area contributed by atoms with Crippen molar-refractivity contribution in [2.45, 2.75) is 18.6 Å². The molecule has 0 fully saturated rings. The molecule has 0 bridgehead atoms. The average Bonchev–Trinajstić information content (AvgIpc) is 2.70. The largest absolute Gasteiger partial charge is 0.463 e. The second-order valence-corrected chi connectivity index (χ2v) is 6.16. The van der Waals surface area contributed by atoms with Crippen LogP contribution in [0.5, 0.6) is 5.75 Å². The van der Waals surface area contributed by atoms with Crippen LogP contribution in [-0.4, -0.2) is 6.29 Å². The maximum absolute atomic E-state index is 6.02. The van der Waals surface area contributed by atoms with Crippen molar-refractivity contribution in [3.63, 3.8) is 0 Å². The fourth-order valence-electron chi connectivity index (χ4n) is 3.10. The standard InChI is InChI=1S/C23H20O2/c1-3-7-18(8-4-1)20-11-13-22(14-12-20)25-23-17-21(15-16-24-23)19-9-5-2-6-10-19/h1-16,21,23H,17H2. The van der Waals surface area contributed by atoms with Gasteiger partial charge in [0.05, 0.1) is 6.26 Å². The lowest BCUT2D eigenvalue weighted by atomic mass is 9.94. The van der Waals surface area contributed by atoms with Crippen molar-refractivity contribution in [3.8, 4) is 16.9 Å². The SMILES string of the molecule is C1=CC(c2ccccc2)CC(Oc2ccc(-c3ccccc3)cc2)O1. The van der Waals surface area contributed by atoms with Crippen LogP contribution >= 0.6 is 0 Å². The molecule has 0 amide bonds. The highest BCUT2D eigenvalue weighted by Gasteiger charge is 2.21. The summed E-state index contributed by atoms with van der Waals surface area (Å²) in [4.78, 5) is 0. The Kier molecular flexibility index (Phi) is 4.51. The fourth-order valence-corrected chi connectivity index (χ4v) is 3.10. The monoisotopic (exact) mass is 328 g/mol. The van der Waals surface area contributed by atoms with E-state index < -0.39 is 0 Å². The molecule has 2 heteroatoms. The van der Waals surface area contributed by atoms with Crippen LogP contribution in [0, 0.1) is 0 Å². The molecule has 2 unspecified atom stereocenters. The molecule has 0 spiro atoms. The molecule has 2 atom stereocenters. The van der Waals surface area contributed by atoms with Gasteiger partial charge in [-0.3, -0.25) is 0 Å². The predicted molar refractivity (Wildman–Crippen MR) is 100 cm³/mol. The summed E-state index contributed by atoms with van der Waals surface area (Å²) in [5, 5.41) is 0. The molecule has 0 radical (unpaired) electrons. The third-order valence-corrected chi connectivity index (χ3v) is 4.44. The average molecular weight is 328 g/mol. The van der Waals surface area contributed by atoms with E-state index in [1.54, 1.807) is 6.26 Å². The van der Waals surface area contributed by atoms with Crippen molar-refractivity contribution in [3.05, 3.63) is 103 Å². The first-order chi connectivity index (χ1) is 12.4. The molecule has 3 aromatic rings. The quantitative estimate of drug-likeness (QED) is 0.605. The fraction of sp³-hybridized carbons (Fsp3) is 0.130. The van der Waals surface area contributed by atoms with Crippen LogP contribution in [0.25, 0.3) is 11.1 Å². The second kappa shape index (κ2) is 7.27. The number of benzene rings is 3. The number of allylic oxidation sites excluding steroid dienone is 1. The first kappa shape index (κ1) is 15.5. The summed E-state index contributed by atoms with van der Waals surface area (Å²) < 4.78 is 11.7. The zero-order valence-electron chi connectivity index (χ0n) is 13.9. The van der Waals surface area contributed by atoms with Crippen molar-refractivity contribution in [1.29, 1.82) is 0 Å². The molecule has 2 nitrogen and oxygen atoms in total. The highest BCUT2D eigenvalue weighted by atomic mass is 16.7. The second-order valence-electron chi connectivity index (χ2n) is 6.16. The van der Waals surface area contributed by atoms with Gasteiger partial charge in [-0.1, -0.05) is 72.8 Å². The maximum atomic E-state index is 6.02. The maximum Gasteiger partial charge on any atom is 0.241 e. The normalized spacial score (nSPS) is 19.2. The zero-order valence-corrected chi connectivity index (χ0v) is 13.9. The van der Waals surface area contributed by atoms with E-state index in [0.717, 1.165) is 12.2 Å². The van der Waals surface area contributed by atoms with Gasteiger partial charge in [0.15, 0.2) is 0 Å². The Morgan fingerprint density at radius 3 is 2.08 bits per heavy atom. The minimum absolute atomic E-state index is 0.266. The van der Waals surface area contributed by atoms with Crippen LogP contribution in [0.3, 0.4) is 0 Å². The van der Waals surface area contributed by atoms with E-state index in [0.29, 0.717) is 5.92 Å². The van der Waals surface area contributed by atoms with Crippen LogP contribution in [0.2, 0.25) is 0 Å². The van der Waals surface area contributed by atoms with Gasteiger partial charge in [-0.05, 0) is 34.9 Å². The number of ether oxygens (including phenoxy) is 2. The molecule has 0 aromatic heterocycles. The molecule has 0 saturated heterocycles. The topological polar surface area (TPSA) is 18.5 Å². The predicted octanol–water partition coefficient (Wildman–Crippen LogP) is 5.78. The molecule has 4 rings (SSSR count). The van der Waals surface area contributed by atoms with E-state index >= 15 is 0 Å². The van der Waals surface area contributed by atoms with Gasteiger partial charge in [-0.2, -0.15) is 0 Å². The molecule has 3 aromatic carbocycles. The lowest BCUT2D eigenvalue weighted by Gasteiger charge is -2.26. The molecule has 25 heavy (non-hydrogen) atoms. The van der Waals surface area contributed by atoms with Crippen LogP contribution in [0.15, 0.2) is 97.3 Å². The number of rotatable bonds is 4. The van der Waals surface area contributed by atoms with Crippen LogP contribution in [0.1, 0.15) is 17.9 Å². The molecule has 0 saturated carbocycles. The van der Waals surface area contributed by atoms with Crippen molar-refractivity contribution in [2.24, 2.45) is 0 Å². The Morgan fingerprint density at radius 1 is 0.720 bits per heavy atom. The van der Waals surface area contributed by atoms with Crippen molar-refractivity contribution >= 4 is 0 Å². The van der Waals surface area contributed by atoms with Gasteiger partial charge >= 0.3 is 0 Å². The van der Waals surface area contributed by atoms with Crippen molar-refractivity contribution < 1.29 is 9.47 Å². The lowest BCUT2D eigenvalue weighted by molar-refractivity contribution is -0.0455. The molecule has 0 aliphatic carbocycles. The Balaban J connectivity index is 1.43. The van der Waals surface area contributed by atoms with Gasteiger partial charge < -0.3 is 9.47 Å². The summed E-state index contributed by atoms with van der Waals surface area (Å²) in [6.07, 6.45) is 4.39. The van der Waals surface area contributed by atoms with E-state index in [1.807, 2.05) is 36.4 Å². The smallest absolute Gasteiger partial charge is 0.241 e. The van der Waals surface area contributed by atoms with E-state index in [9.17, 15) is 0 Å². The van der Waals surface area contributed by atoms with E-state index in [4.69, 9.17) is 9.47 Å². The third-order valence-electron chi connectivity index (χ3n) is 4.44. The molecule has 124 valence electrons. The summed E-state index contributed by atoms with van der Waals surface area (Å²) in [6.45, 7) is 0. The van der Waals surface area contributed by atoms with Gasteiger partial charge in [-0.25, -0.2) is 0 Å². The summed E-state index contributed by atoms with van der Waals surface area (Å²) in [7, 11) is 0. The Hall–Kier alpha value is -3.00. The molecule has 0 N–H and O–H groups in total. The number of hydrogen-bond donors (Lipinski definition) is 0.